The quantitative estimate of drug-likeness (QED) is 0.671. The van der Waals surface area contributed by atoms with Crippen LogP contribution in [0.3, 0.4) is 0 Å². The predicted octanol–water partition coefficient (Wildman–Crippen LogP) is 1.71. The Balaban J connectivity index is 0.00000182. The maximum Gasteiger partial charge on any atom is 0.223 e. The van der Waals surface area contributed by atoms with Crippen molar-refractivity contribution in [2.45, 2.75) is 13.5 Å². The smallest absolute Gasteiger partial charge is 0.223 e. The summed E-state index contributed by atoms with van der Waals surface area (Å²) >= 11 is 0. The minimum atomic E-state index is 0. The number of rotatable bonds is 8. The fourth-order valence-electron chi connectivity index (χ4n) is 3.09. The topological polar surface area (TPSA) is 62.8 Å². The lowest BCUT2D eigenvalue weighted by Gasteiger charge is -2.31. The van der Waals surface area contributed by atoms with Crippen molar-refractivity contribution in [3.63, 3.8) is 0 Å². The predicted molar refractivity (Wildman–Crippen MR) is 111 cm³/mol. The van der Waals surface area contributed by atoms with Gasteiger partial charge in [0.25, 0.3) is 0 Å². The molecule has 2 heterocycles. The van der Waals surface area contributed by atoms with Crippen LogP contribution in [0, 0.1) is 11.8 Å². The second-order valence-corrected chi connectivity index (χ2v) is 6.87. The molecule has 1 aromatic carbocycles. The van der Waals surface area contributed by atoms with Gasteiger partial charge in [0.15, 0.2) is 0 Å². The molecule has 1 unspecified atom stereocenters. The summed E-state index contributed by atoms with van der Waals surface area (Å²) in [6.45, 7) is 9.60. The molecule has 0 saturated carbocycles. The highest BCUT2D eigenvalue weighted by molar-refractivity contribution is 5.85. The molecular formula is C19H31Cl2N3O3. The van der Waals surface area contributed by atoms with Gasteiger partial charge in [0, 0.05) is 32.1 Å². The van der Waals surface area contributed by atoms with Crippen LogP contribution in [0.4, 0.5) is 0 Å². The SMILES string of the molecule is CC(C(=O)NCc1cccc(OCCN2CCOCC2)c1)C1CNC1.Cl.Cl. The first-order valence-corrected chi connectivity index (χ1v) is 9.22. The average Bonchev–Trinajstić information content (AvgIpc) is 2.59. The number of hydrogen-bond acceptors (Lipinski definition) is 5. The van der Waals surface area contributed by atoms with Crippen molar-refractivity contribution < 1.29 is 14.3 Å². The highest BCUT2D eigenvalue weighted by atomic mass is 35.5. The Morgan fingerprint density at radius 2 is 2.07 bits per heavy atom. The number of ether oxygens (including phenoxy) is 2. The third-order valence-corrected chi connectivity index (χ3v) is 5.08. The molecule has 154 valence electrons. The van der Waals surface area contributed by atoms with Gasteiger partial charge in [0.1, 0.15) is 12.4 Å². The van der Waals surface area contributed by atoms with Crippen LogP contribution in [0.25, 0.3) is 0 Å². The summed E-state index contributed by atoms with van der Waals surface area (Å²) in [7, 11) is 0. The molecule has 1 amide bonds. The van der Waals surface area contributed by atoms with E-state index in [2.05, 4.69) is 15.5 Å². The average molecular weight is 420 g/mol. The van der Waals surface area contributed by atoms with Gasteiger partial charge >= 0.3 is 0 Å². The zero-order valence-electron chi connectivity index (χ0n) is 15.8. The first kappa shape index (κ1) is 24.0. The van der Waals surface area contributed by atoms with Crippen molar-refractivity contribution in [3.8, 4) is 5.75 Å². The second-order valence-electron chi connectivity index (χ2n) is 6.87. The van der Waals surface area contributed by atoms with Crippen molar-refractivity contribution in [3.05, 3.63) is 29.8 Å². The number of morpholine rings is 1. The Labute approximate surface area is 174 Å². The highest BCUT2D eigenvalue weighted by Crippen LogP contribution is 2.17. The van der Waals surface area contributed by atoms with Gasteiger partial charge in [-0.05, 0) is 36.7 Å². The molecule has 1 aromatic rings. The molecule has 6 nitrogen and oxygen atoms in total. The third-order valence-electron chi connectivity index (χ3n) is 5.08. The van der Waals surface area contributed by atoms with Crippen LogP contribution in [0.2, 0.25) is 0 Å². The van der Waals surface area contributed by atoms with E-state index in [0.717, 1.165) is 57.3 Å². The zero-order valence-corrected chi connectivity index (χ0v) is 17.4. The fourth-order valence-corrected chi connectivity index (χ4v) is 3.09. The Morgan fingerprint density at radius 3 is 2.74 bits per heavy atom. The van der Waals surface area contributed by atoms with Crippen molar-refractivity contribution in [1.29, 1.82) is 0 Å². The number of halogens is 2. The third kappa shape index (κ3) is 7.47. The van der Waals surface area contributed by atoms with Gasteiger partial charge in [-0.3, -0.25) is 9.69 Å². The number of hydrogen-bond donors (Lipinski definition) is 2. The summed E-state index contributed by atoms with van der Waals surface area (Å²) < 4.78 is 11.2. The van der Waals surface area contributed by atoms with E-state index in [1.165, 1.54) is 0 Å². The Morgan fingerprint density at radius 1 is 1.33 bits per heavy atom. The summed E-state index contributed by atoms with van der Waals surface area (Å²) in [4.78, 5) is 14.5. The number of benzene rings is 1. The molecule has 0 spiro atoms. The van der Waals surface area contributed by atoms with Crippen molar-refractivity contribution in [1.82, 2.24) is 15.5 Å². The van der Waals surface area contributed by atoms with Crippen molar-refractivity contribution >= 4 is 30.7 Å². The van der Waals surface area contributed by atoms with E-state index in [0.29, 0.717) is 19.1 Å². The van der Waals surface area contributed by atoms with E-state index in [9.17, 15) is 4.79 Å². The molecule has 0 aromatic heterocycles. The molecule has 2 fully saturated rings. The van der Waals surface area contributed by atoms with Crippen LogP contribution < -0.4 is 15.4 Å². The zero-order chi connectivity index (χ0) is 17.5. The van der Waals surface area contributed by atoms with Gasteiger partial charge in [0.05, 0.1) is 13.2 Å². The minimum Gasteiger partial charge on any atom is -0.492 e. The Hall–Kier alpha value is -1.05. The van der Waals surface area contributed by atoms with Crippen LogP contribution in [0.1, 0.15) is 12.5 Å². The number of carbonyl (C=O) groups is 1. The first-order valence-electron chi connectivity index (χ1n) is 9.22. The first-order chi connectivity index (χ1) is 12.2. The molecule has 8 heteroatoms. The summed E-state index contributed by atoms with van der Waals surface area (Å²) in [6, 6.07) is 7.97. The van der Waals surface area contributed by atoms with E-state index in [1.54, 1.807) is 0 Å². The van der Waals surface area contributed by atoms with Crippen LogP contribution in [0.15, 0.2) is 24.3 Å². The molecule has 0 radical (unpaired) electrons. The molecule has 27 heavy (non-hydrogen) atoms. The normalized spacial score (nSPS) is 18.4. The molecule has 2 N–H and O–H groups in total. The lowest BCUT2D eigenvalue weighted by atomic mass is 9.88. The molecule has 2 aliphatic rings. The summed E-state index contributed by atoms with van der Waals surface area (Å²) in [5.74, 6) is 1.52. The summed E-state index contributed by atoms with van der Waals surface area (Å²) in [5.41, 5.74) is 1.07. The van der Waals surface area contributed by atoms with Crippen LogP contribution >= 0.6 is 24.8 Å². The van der Waals surface area contributed by atoms with Gasteiger partial charge in [-0.1, -0.05) is 19.1 Å². The highest BCUT2D eigenvalue weighted by Gasteiger charge is 2.28. The standard InChI is InChI=1S/C19H29N3O3.2ClH/c1-15(17-13-20-14-17)19(23)21-12-16-3-2-4-18(11-16)25-10-7-22-5-8-24-9-6-22;;/h2-4,11,15,17,20H,5-10,12-14H2,1H3,(H,21,23);2*1H. The van der Waals surface area contributed by atoms with Gasteiger partial charge in [0.2, 0.25) is 5.91 Å². The maximum absolute atomic E-state index is 12.2. The summed E-state index contributed by atoms with van der Waals surface area (Å²) in [6.07, 6.45) is 0. The number of amides is 1. The van der Waals surface area contributed by atoms with E-state index >= 15 is 0 Å². The number of nitrogens with zero attached hydrogens (tertiary/aromatic N) is 1. The molecule has 3 rings (SSSR count). The largest absolute Gasteiger partial charge is 0.492 e. The molecule has 0 bridgehead atoms. The number of carbonyl (C=O) groups excluding carboxylic acids is 1. The van der Waals surface area contributed by atoms with E-state index in [4.69, 9.17) is 9.47 Å². The summed E-state index contributed by atoms with van der Waals surface area (Å²) in [5, 5.41) is 6.25. The van der Waals surface area contributed by atoms with Gasteiger partial charge < -0.3 is 20.1 Å². The number of nitrogens with one attached hydrogen (secondary N) is 2. The second kappa shape index (κ2) is 12.4. The maximum atomic E-state index is 12.2. The lowest BCUT2D eigenvalue weighted by molar-refractivity contribution is -0.126. The Bertz CT molecular complexity index is 567. The van der Waals surface area contributed by atoms with Crippen molar-refractivity contribution in [2.75, 3.05) is 52.5 Å². The van der Waals surface area contributed by atoms with Gasteiger partial charge in [-0.2, -0.15) is 0 Å². The van der Waals surface area contributed by atoms with E-state index in [-0.39, 0.29) is 36.6 Å². The van der Waals surface area contributed by atoms with E-state index in [1.807, 2.05) is 31.2 Å². The minimum absolute atomic E-state index is 0. The fraction of sp³-hybridized carbons (Fsp3) is 0.632. The lowest BCUT2D eigenvalue weighted by Crippen LogP contribution is -2.49. The molecule has 1 atom stereocenters. The molecule has 0 aliphatic carbocycles. The Kier molecular flexibility index (Phi) is 11.0. The molecule has 2 saturated heterocycles. The van der Waals surface area contributed by atoms with Crippen LogP contribution in [-0.2, 0) is 16.1 Å². The van der Waals surface area contributed by atoms with Gasteiger partial charge in [-0.25, -0.2) is 0 Å². The molecule has 2 aliphatic heterocycles. The van der Waals surface area contributed by atoms with Crippen molar-refractivity contribution in [2.24, 2.45) is 11.8 Å². The van der Waals surface area contributed by atoms with Crippen LogP contribution in [-0.4, -0.2) is 63.4 Å². The monoisotopic (exact) mass is 419 g/mol. The van der Waals surface area contributed by atoms with Gasteiger partial charge in [-0.15, -0.1) is 24.8 Å². The van der Waals surface area contributed by atoms with Crippen LogP contribution in [0.5, 0.6) is 5.75 Å². The van der Waals surface area contributed by atoms with E-state index < -0.39 is 0 Å². The molecular weight excluding hydrogens is 389 g/mol.